The molecule has 3 heterocycles. The third kappa shape index (κ3) is 2.76. The van der Waals surface area contributed by atoms with Crippen LogP contribution in [0.1, 0.15) is 23.9 Å². The smallest absolute Gasteiger partial charge is 0.223 e. The zero-order chi connectivity index (χ0) is 15.7. The van der Waals surface area contributed by atoms with Crippen molar-refractivity contribution in [3.8, 4) is 11.3 Å². The number of hydrogen-bond donors (Lipinski definition) is 1. The summed E-state index contributed by atoms with van der Waals surface area (Å²) in [5, 5.41) is 4.19. The summed E-state index contributed by atoms with van der Waals surface area (Å²) in [7, 11) is 3.53. The van der Waals surface area contributed by atoms with E-state index in [1.54, 1.807) is 18.0 Å². The van der Waals surface area contributed by atoms with Gasteiger partial charge >= 0.3 is 0 Å². The maximum atomic E-state index is 12.0. The van der Waals surface area contributed by atoms with E-state index in [0.717, 1.165) is 22.8 Å². The number of hydrogen-bond acceptors (Lipinski definition) is 4. The van der Waals surface area contributed by atoms with Crippen LogP contribution in [0.25, 0.3) is 11.3 Å². The van der Waals surface area contributed by atoms with Crippen LogP contribution in [0.5, 0.6) is 0 Å². The van der Waals surface area contributed by atoms with Crippen molar-refractivity contribution in [3.63, 3.8) is 0 Å². The first-order valence-electron chi connectivity index (χ1n) is 7.40. The van der Waals surface area contributed by atoms with Gasteiger partial charge in [0.15, 0.2) is 0 Å². The summed E-state index contributed by atoms with van der Waals surface area (Å²) in [6, 6.07) is 0. The SMILES string of the molecule is COCCN1C[C@H](c2nc(-c3cnn(C)c3)c(C)[nH]2)CC1=O. The molecular formula is C15H21N5O2. The van der Waals surface area contributed by atoms with E-state index in [4.69, 9.17) is 9.72 Å². The molecule has 1 aliphatic heterocycles. The molecule has 22 heavy (non-hydrogen) atoms. The van der Waals surface area contributed by atoms with Gasteiger partial charge < -0.3 is 14.6 Å². The average Bonchev–Trinajstić information content (AvgIpc) is 3.16. The van der Waals surface area contributed by atoms with Gasteiger partial charge in [-0.2, -0.15) is 5.10 Å². The molecule has 118 valence electrons. The van der Waals surface area contributed by atoms with Gasteiger partial charge in [0.05, 0.1) is 18.5 Å². The normalized spacial score (nSPS) is 18.4. The van der Waals surface area contributed by atoms with Crippen molar-refractivity contribution in [3.05, 3.63) is 23.9 Å². The van der Waals surface area contributed by atoms with Gasteiger partial charge in [-0.3, -0.25) is 9.48 Å². The van der Waals surface area contributed by atoms with Crippen molar-refractivity contribution >= 4 is 5.91 Å². The van der Waals surface area contributed by atoms with Gasteiger partial charge in [-0.1, -0.05) is 0 Å². The van der Waals surface area contributed by atoms with Gasteiger partial charge in [-0.25, -0.2) is 4.98 Å². The van der Waals surface area contributed by atoms with Gasteiger partial charge in [0.1, 0.15) is 5.82 Å². The Kier molecular flexibility index (Phi) is 3.98. The Hall–Kier alpha value is -2.15. The van der Waals surface area contributed by atoms with Crippen LogP contribution in [0.15, 0.2) is 12.4 Å². The number of imidazole rings is 1. The first-order chi connectivity index (χ1) is 10.6. The quantitative estimate of drug-likeness (QED) is 0.897. The number of H-pyrrole nitrogens is 1. The molecule has 0 saturated carbocycles. The standard InChI is InChI=1S/C15H21N5O2/c1-10-14(12-7-16-19(2)8-12)18-15(17-10)11-6-13(21)20(9-11)4-5-22-3/h7-8,11H,4-6,9H2,1-3H3,(H,17,18)/t11-/m1/s1. The van der Waals surface area contributed by atoms with E-state index in [-0.39, 0.29) is 11.8 Å². The third-order valence-electron chi connectivity index (χ3n) is 4.05. The molecule has 1 amide bonds. The zero-order valence-electron chi connectivity index (χ0n) is 13.2. The number of likely N-dealkylation sites (tertiary alicyclic amines) is 1. The van der Waals surface area contributed by atoms with Crippen molar-refractivity contribution in [1.82, 2.24) is 24.6 Å². The van der Waals surface area contributed by atoms with Crippen LogP contribution in [0, 0.1) is 6.92 Å². The topological polar surface area (TPSA) is 76.0 Å². The van der Waals surface area contributed by atoms with E-state index in [1.807, 2.05) is 25.1 Å². The Bertz CT molecular complexity index is 675. The minimum Gasteiger partial charge on any atom is -0.383 e. The summed E-state index contributed by atoms with van der Waals surface area (Å²) < 4.78 is 6.81. The molecule has 2 aromatic rings. The lowest BCUT2D eigenvalue weighted by molar-refractivity contribution is -0.128. The van der Waals surface area contributed by atoms with E-state index in [0.29, 0.717) is 26.1 Å². The summed E-state index contributed by atoms with van der Waals surface area (Å²) in [6.07, 6.45) is 4.25. The van der Waals surface area contributed by atoms with Gasteiger partial charge in [0, 0.05) is 57.0 Å². The number of nitrogens with zero attached hydrogens (tertiary/aromatic N) is 4. The number of amides is 1. The van der Waals surface area contributed by atoms with Gasteiger partial charge in [0.2, 0.25) is 5.91 Å². The largest absolute Gasteiger partial charge is 0.383 e. The number of methoxy groups -OCH3 is 1. The highest BCUT2D eigenvalue weighted by Gasteiger charge is 2.32. The van der Waals surface area contributed by atoms with Crippen molar-refractivity contribution in [2.24, 2.45) is 7.05 Å². The van der Waals surface area contributed by atoms with Crippen LogP contribution in [0.4, 0.5) is 0 Å². The first kappa shape index (κ1) is 14.8. The molecule has 2 aromatic heterocycles. The predicted octanol–water partition coefficient (Wildman–Crippen LogP) is 1.08. The van der Waals surface area contributed by atoms with Gasteiger partial charge in [-0.05, 0) is 6.92 Å². The van der Waals surface area contributed by atoms with E-state index in [1.165, 1.54) is 0 Å². The lowest BCUT2D eigenvalue weighted by Gasteiger charge is -2.15. The van der Waals surface area contributed by atoms with Crippen LogP contribution in [0.2, 0.25) is 0 Å². The molecule has 0 aliphatic carbocycles. The van der Waals surface area contributed by atoms with Crippen LogP contribution in [0.3, 0.4) is 0 Å². The van der Waals surface area contributed by atoms with Crippen molar-refractivity contribution in [1.29, 1.82) is 0 Å². The fourth-order valence-electron chi connectivity index (χ4n) is 2.87. The molecular weight excluding hydrogens is 282 g/mol. The molecule has 0 unspecified atom stereocenters. The molecule has 1 fully saturated rings. The highest BCUT2D eigenvalue weighted by molar-refractivity contribution is 5.79. The number of nitrogens with one attached hydrogen (secondary N) is 1. The number of rotatable bonds is 5. The fourth-order valence-corrected chi connectivity index (χ4v) is 2.87. The Morgan fingerprint density at radius 3 is 3.00 bits per heavy atom. The summed E-state index contributed by atoms with van der Waals surface area (Å²) in [6.45, 7) is 3.90. The molecule has 0 radical (unpaired) electrons. The number of aromatic amines is 1. The van der Waals surface area contributed by atoms with Crippen molar-refractivity contribution in [2.45, 2.75) is 19.3 Å². The maximum Gasteiger partial charge on any atom is 0.223 e. The fraction of sp³-hybridized carbons (Fsp3) is 0.533. The van der Waals surface area contributed by atoms with E-state index < -0.39 is 0 Å². The van der Waals surface area contributed by atoms with E-state index in [2.05, 4.69) is 10.1 Å². The number of carbonyl (C=O) groups excluding carboxylic acids is 1. The monoisotopic (exact) mass is 303 g/mol. The van der Waals surface area contributed by atoms with Crippen molar-refractivity contribution in [2.75, 3.05) is 26.8 Å². The Labute approximate surface area is 129 Å². The van der Waals surface area contributed by atoms with Crippen LogP contribution < -0.4 is 0 Å². The molecule has 0 aromatic carbocycles. The summed E-state index contributed by atoms with van der Waals surface area (Å²) in [5.74, 6) is 1.16. The second-order valence-electron chi connectivity index (χ2n) is 5.73. The average molecular weight is 303 g/mol. The van der Waals surface area contributed by atoms with E-state index in [9.17, 15) is 4.79 Å². The summed E-state index contributed by atoms with van der Waals surface area (Å²) in [4.78, 5) is 21.9. The maximum absolute atomic E-state index is 12.0. The number of ether oxygens (including phenoxy) is 1. The number of carbonyl (C=O) groups is 1. The molecule has 1 N–H and O–H groups in total. The molecule has 0 bridgehead atoms. The molecule has 3 rings (SSSR count). The Morgan fingerprint density at radius 2 is 2.32 bits per heavy atom. The number of aromatic nitrogens is 4. The number of aryl methyl sites for hydroxylation is 2. The molecule has 7 nitrogen and oxygen atoms in total. The van der Waals surface area contributed by atoms with Crippen LogP contribution in [-0.4, -0.2) is 57.4 Å². The lowest BCUT2D eigenvalue weighted by atomic mass is 10.1. The van der Waals surface area contributed by atoms with Crippen molar-refractivity contribution < 1.29 is 9.53 Å². The Balaban J connectivity index is 1.78. The summed E-state index contributed by atoms with van der Waals surface area (Å²) in [5.41, 5.74) is 2.90. The van der Waals surface area contributed by atoms with Crippen LogP contribution >= 0.6 is 0 Å². The first-order valence-corrected chi connectivity index (χ1v) is 7.40. The van der Waals surface area contributed by atoms with E-state index >= 15 is 0 Å². The molecule has 1 atom stereocenters. The third-order valence-corrected chi connectivity index (χ3v) is 4.05. The highest BCUT2D eigenvalue weighted by Crippen LogP contribution is 2.29. The van der Waals surface area contributed by atoms with Crippen LogP contribution in [-0.2, 0) is 16.6 Å². The zero-order valence-corrected chi connectivity index (χ0v) is 13.2. The molecule has 1 saturated heterocycles. The Morgan fingerprint density at radius 1 is 1.50 bits per heavy atom. The molecule has 7 heteroatoms. The molecule has 0 spiro atoms. The highest BCUT2D eigenvalue weighted by atomic mass is 16.5. The summed E-state index contributed by atoms with van der Waals surface area (Å²) >= 11 is 0. The second-order valence-corrected chi connectivity index (χ2v) is 5.73. The van der Waals surface area contributed by atoms with Gasteiger partial charge in [0.25, 0.3) is 0 Å². The lowest BCUT2D eigenvalue weighted by Crippen LogP contribution is -2.28. The minimum absolute atomic E-state index is 0.119. The van der Waals surface area contributed by atoms with Gasteiger partial charge in [-0.15, -0.1) is 0 Å². The molecule has 1 aliphatic rings. The minimum atomic E-state index is 0.119. The predicted molar refractivity (Wildman–Crippen MR) is 81.3 cm³/mol. The second kappa shape index (κ2) is 5.92.